The largest absolute Gasteiger partial charge is 0.450 e. The minimum absolute atomic E-state index is 0.265. The lowest BCUT2D eigenvalue weighted by atomic mass is 10.3. The minimum Gasteiger partial charge on any atom is -0.450 e. The van der Waals surface area contributed by atoms with Crippen LogP contribution in [0.5, 0.6) is 0 Å². The van der Waals surface area contributed by atoms with E-state index in [4.69, 9.17) is 22.1 Å². The number of nitrogens with two attached hydrogens (primary N) is 1. The molecular weight excluding hydrogens is 268 g/mol. The highest BCUT2D eigenvalue weighted by atomic mass is 35.5. The molecule has 1 aromatic heterocycles. The summed E-state index contributed by atoms with van der Waals surface area (Å²) in [6.07, 6.45) is 1.32. The van der Waals surface area contributed by atoms with Crippen molar-refractivity contribution in [3.05, 3.63) is 17.3 Å². The van der Waals surface area contributed by atoms with E-state index < -0.39 is 0 Å². The second-order valence-electron chi connectivity index (χ2n) is 4.25. The van der Waals surface area contributed by atoms with Crippen molar-refractivity contribution >= 4 is 29.2 Å². The summed E-state index contributed by atoms with van der Waals surface area (Å²) in [4.78, 5) is 19.5. The first kappa shape index (κ1) is 13.7. The minimum atomic E-state index is -0.265. The van der Waals surface area contributed by atoms with Gasteiger partial charge in [-0.1, -0.05) is 11.6 Å². The average molecular weight is 285 g/mol. The number of piperazine rings is 1. The molecule has 0 spiro atoms. The summed E-state index contributed by atoms with van der Waals surface area (Å²) in [5.74, 6) is 0.708. The molecule has 2 heterocycles. The number of anilines is 2. The van der Waals surface area contributed by atoms with Gasteiger partial charge in [-0.05, 0) is 13.0 Å². The van der Waals surface area contributed by atoms with Gasteiger partial charge in [-0.25, -0.2) is 9.78 Å². The van der Waals surface area contributed by atoms with E-state index >= 15 is 0 Å². The lowest BCUT2D eigenvalue weighted by molar-refractivity contribution is 0.105. The van der Waals surface area contributed by atoms with Crippen LogP contribution in [0, 0.1) is 0 Å². The Labute approximate surface area is 117 Å². The number of rotatable bonds is 2. The highest BCUT2D eigenvalue weighted by molar-refractivity contribution is 6.33. The molecule has 0 radical (unpaired) electrons. The van der Waals surface area contributed by atoms with Gasteiger partial charge in [-0.3, -0.25) is 0 Å². The van der Waals surface area contributed by atoms with Crippen molar-refractivity contribution in [2.45, 2.75) is 6.92 Å². The highest BCUT2D eigenvalue weighted by Gasteiger charge is 2.23. The Morgan fingerprint density at radius 1 is 1.47 bits per heavy atom. The Morgan fingerprint density at radius 3 is 2.74 bits per heavy atom. The normalized spacial score (nSPS) is 15.5. The number of carbonyl (C=O) groups excluding carboxylic acids is 1. The topological polar surface area (TPSA) is 71.7 Å². The molecule has 1 aliphatic rings. The van der Waals surface area contributed by atoms with Gasteiger partial charge in [-0.2, -0.15) is 0 Å². The van der Waals surface area contributed by atoms with Crippen LogP contribution in [0.25, 0.3) is 0 Å². The average Bonchev–Trinajstić information content (AvgIpc) is 2.39. The van der Waals surface area contributed by atoms with Crippen molar-refractivity contribution in [3.63, 3.8) is 0 Å². The van der Waals surface area contributed by atoms with E-state index in [1.165, 1.54) is 0 Å². The van der Waals surface area contributed by atoms with E-state index in [1.54, 1.807) is 24.1 Å². The second-order valence-corrected chi connectivity index (χ2v) is 4.65. The molecule has 1 aromatic rings. The fraction of sp³-hybridized carbons (Fsp3) is 0.500. The fourth-order valence-electron chi connectivity index (χ4n) is 1.99. The standard InChI is InChI=1S/C12H17ClN4O2/c1-2-19-12(18)17-5-3-16(4-6-17)11-10(13)7-9(14)8-15-11/h7-8H,2-6,14H2,1H3. The second kappa shape index (κ2) is 5.97. The molecule has 0 aromatic carbocycles. The number of amides is 1. The molecule has 0 atom stereocenters. The fourth-order valence-corrected chi connectivity index (χ4v) is 2.29. The van der Waals surface area contributed by atoms with Gasteiger partial charge >= 0.3 is 6.09 Å². The number of pyridine rings is 1. The lowest BCUT2D eigenvalue weighted by Crippen LogP contribution is -2.49. The van der Waals surface area contributed by atoms with Crippen molar-refractivity contribution < 1.29 is 9.53 Å². The predicted octanol–water partition coefficient (Wildman–Crippen LogP) is 1.60. The molecule has 19 heavy (non-hydrogen) atoms. The van der Waals surface area contributed by atoms with Crippen LogP contribution in [0.1, 0.15) is 6.92 Å². The van der Waals surface area contributed by atoms with Crippen LogP contribution in [0.15, 0.2) is 12.3 Å². The molecule has 0 bridgehead atoms. The number of nitrogens with zero attached hydrogens (tertiary/aromatic N) is 3. The summed E-state index contributed by atoms with van der Waals surface area (Å²) in [5.41, 5.74) is 6.16. The van der Waals surface area contributed by atoms with Crippen molar-refractivity contribution in [1.82, 2.24) is 9.88 Å². The Hall–Kier alpha value is -1.69. The number of carbonyl (C=O) groups is 1. The van der Waals surface area contributed by atoms with E-state index in [9.17, 15) is 4.79 Å². The van der Waals surface area contributed by atoms with Gasteiger partial charge in [0, 0.05) is 26.2 Å². The van der Waals surface area contributed by atoms with Crippen LogP contribution < -0.4 is 10.6 Å². The number of ether oxygens (including phenoxy) is 1. The Bertz CT molecular complexity index is 461. The molecule has 2 N–H and O–H groups in total. The molecular formula is C12H17ClN4O2. The molecule has 104 valence electrons. The smallest absolute Gasteiger partial charge is 0.409 e. The molecule has 0 aliphatic carbocycles. The summed E-state index contributed by atoms with van der Waals surface area (Å²) in [6.45, 7) is 4.74. The number of halogens is 1. The number of hydrogen-bond acceptors (Lipinski definition) is 5. The van der Waals surface area contributed by atoms with Gasteiger partial charge in [0.25, 0.3) is 0 Å². The molecule has 6 nitrogen and oxygen atoms in total. The number of hydrogen-bond donors (Lipinski definition) is 1. The third-order valence-corrected chi connectivity index (χ3v) is 3.23. The predicted molar refractivity (Wildman–Crippen MR) is 74.5 cm³/mol. The third kappa shape index (κ3) is 3.20. The van der Waals surface area contributed by atoms with Crippen LogP contribution in [0.4, 0.5) is 16.3 Å². The zero-order valence-corrected chi connectivity index (χ0v) is 11.6. The highest BCUT2D eigenvalue weighted by Crippen LogP contribution is 2.25. The van der Waals surface area contributed by atoms with Crippen molar-refractivity contribution in [2.75, 3.05) is 43.4 Å². The van der Waals surface area contributed by atoms with Crippen LogP contribution in [-0.4, -0.2) is 48.8 Å². The Morgan fingerprint density at radius 2 is 2.16 bits per heavy atom. The molecule has 1 amide bonds. The maximum absolute atomic E-state index is 11.6. The van der Waals surface area contributed by atoms with Crippen molar-refractivity contribution in [1.29, 1.82) is 0 Å². The molecule has 1 fully saturated rings. The maximum atomic E-state index is 11.6. The Balaban J connectivity index is 1.98. The first-order chi connectivity index (χ1) is 9.11. The van der Waals surface area contributed by atoms with Crippen LogP contribution in [0.3, 0.4) is 0 Å². The third-order valence-electron chi connectivity index (χ3n) is 2.95. The quantitative estimate of drug-likeness (QED) is 0.893. The maximum Gasteiger partial charge on any atom is 0.409 e. The zero-order chi connectivity index (χ0) is 13.8. The Kier molecular flexibility index (Phi) is 4.31. The summed E-state index contributed by atoms with van der Waals surface area (Å²) in [7, 11) is 0. The monoisotopic (exact) mass is 284 g/mol. The van der Waals surface area contributed by atoms with Crippen molar-refractivity contribution in [2.24, 2.45) is 0 Å². The van der Waals surface area contributed by atoms with Gasteiger partial charge < -0.3 is 20.3 Å². The summed E-state index contributed by atoms with van der Waals surface area (Å²) < 4.78 is 4.97. The van der Waals surface area contributed by atoms with Crippen LogP contribution in [-0.2, 0) is 4.74 Å². The van der Waals surface area contributed by atoms with E-state index in [1.807, 2.05) is 4.90 Å². The molecule has 1 aliphatic heterocycles. The molecule has 0 saturated carbocycles. The SMILES string of the molecule is CCOC(=O)N1CCN(c2ncc(N)cc2Cl)CC1. The first-order valence-electron chi connectivity index (χ1n) is 6.19. The summed E-state index contributed by atoms with van der Waals surface area (Å²) in [6, 6.07) is 1.68. The first-order valence-corrected chi connectivity index (χ1v) is 6.57. The van der Waals surface area contributed by atoms with Crippen LogP contribution in [0.2, 0.25) is 5.02 Å². The molecule has 2 rings (SSSR count). The van der Waals surface area contributed by atoms with E-state index in [-0.39, 0.29) is 6.09 Å². The van der Waals surface area contributed by atoms with Crippen LogP contribution >= 0.6 is 11.6 Å². The van der Waals surface area contributed by atoms with Gasteiger partial charge in [0.05, 0.1) is 23.5 Å². The number of nitrogen functional groups attached to an aromatic ring is 1. The molecule has 1 saturated heterocycles. The van der Waals surface area contributed by atoms with Gasteiger partial charge in [0.2, 0.25) is 0 Å². The van der Waals surface area contributed by atoms with Gasteiger partial charge in [0.15, 0.2) is 0 Å². The van der Waals surface area contributed by atoms with Gasteiger partial charge in [0.1, 0.15) is 5.82 Å². The van der Waals surface area contributed by atoms with Gasteiger partial charge in [-0.15, -0.1) is 0 Å². The summed E-state index contributed by atoms with van der Waals surface area (Å²) >= 11 is 6.12. The molecule has 7 heteroatoms. The van der Waals surface area contributed by atoms with E-state index in [2.05, 4.69) is 4.98 Å². The number of aromatic nitrogens is 1. The summed E-state index contributed by atoms with van der Waals surface area (Å²) in [5, 5.41) is 0.532. The van der Waals surface area contributed by atoms with E-state index in [0.717, 1.165) is 0 Å². The lowest BCUT2D eigenvalue weighted by Gasteiger charge is -2.35. The zero-order valence-electron chi connectivity index (χ0n) is 10.8. The van der Waals surface area contributed by atoms with E-state index in [0.29, 0.717) is 49.3 Å². The van der Waals surface area contributed by atoms with Crippen molar-refractivity contribution in [3.8, 4) is 0 Å². The molecule has 0 unspecified atom stereocenters.